The van der Waals surface area contributed by atoms with Gasteiger partial charge in [-0.2, -0.15) is 9.97 Å². The molecule has 1 fully saturated rings. The van der Waals surface area contributed by atoms with Crippen molar-refractivity contribution in [1.82, 2.24) is 14.9 Å². The van der Waals surface area contributed by atoms with Crippen LogP contribution in [-0.4, -0.2) is 61.1 Å². The summed E-state index contributed by atoms with van der Waals surface area (Å²) in [4.78, 5) is 24.5. The maximum Gasteiger partial charge on any atom is 0.320 e. The lowest BCUT2D eigenvalue weighted by atomic mass is 9.95. The Hall–Kier alpha value is -2.61. The first-order chi connectivity index (χ1) is 15.7. The Morgan fingerprint density at radius 2 is 1.97 bits per heavy atom. The van der Waals surface area contributed by atoms with E-state index in [1.165, 1.54) is 31.5 Å². The fraction of sp³-hybridized carbons (Fsp3) is 0.640. The largest absolute Gasteiger partial charge is 0.463 e. The average molecular weight is 459 g/mol. The SMILES string of the molecule is CC.CN(CC1C=C(CN2CCCC2)C=CC1)c1nc(OCC(C)(C)C)nc(N)c1NC=O. The molecule has 3 rings (SSSR count). The van der Waals surface area contributed by atoms with Crippen molar-refractivity contribution >= 4 is 23.7 Å². The summed E-state index contributed by atoms with van der Waals surface area (Å²) in [6.45, 7) is 14.8. The Morgan fingerprint density at radius 3 is 2.61 bits per heavy atom. The maximum absolute atomic E-state index is 11.1. The number of hydrogen-bond donors (Lipinski definition) is 2. The summed E-state index contributed by atoms with van der Waals surface area (Å²) in [6, 6.07) is 0.222. The van der Waals surface area contributed by atoms with Crippen molar-refractivity contribution in [2.24, 2.45) is 11.3 Å². The highest BCUT2D eigenvalue weighted by atomic mass is 16.5. The Morgan fingerprint density at radius 1 is 1.27 bits per heavy atom. The summed E-state index contributed by atoms with van der Waals surface area (Å²) in [5.41, 5.74) is 7.87. The van der Waals surface area contributed by atoms with E-state index >= 15 is 0 Å². The van der Waals surface area contributed by atoms with E-state index in [-0.39, 0.29) is 17.2 Å². The monoisotopic (exact) mass is 458 g/mol. The molecular weight excluding hydrogens is 416 g/mol. The molecule has 1 aliphatic heterocycles. The van der Waals surface area contributed by atoms with Gasteiger partial charge in [-0.1, -0.05) is 52.8 Å². The molecule has 0 radical (unpaired) electrons. The van der Waals surface area contributed by atoms with Crippen LogP contribution in [0.1, 0.15) is 53.9 Å². The number of likely N-dealkylation sites (tertiary alicyclic amines) is 1. The Balaban J connectivity index is 0.00000187. The van der Waals surface area contributed by atoms with Crippen LogP contribution in [0.5, 0.6) is 6.01 Å². The van der Waals surface area contributed by atoms with E-state index in [1.807, 2.05) is 25.8 Å². The number of allylic oxidation sites excluding steroid dienone is 1. The first-order valence-corrected chi connectivity index (χ1v) is 12.1. The lowest BCUT2D eigenvalue weighted by Crippen LogP contribution is -2.29. The smallest absolute Gasteiger partial charge is 0.320 e. The molecule has 33 heavy (non-hydrogen) atoms. The summed E-state index contributed by atoms with van der Waals surface area (Å²) in [5, 5.41) is 2.66. The molecule has 8 nitrogen and oxygen atoms in total. The van der Waals surface area contributed by atoms with E-state index in [9.17, 15) is 4.79 Å². The van der Waals surface area contributed by atoms with Gasteiger partial charge in [-0.25, -0.2) is 0 Å². The summed E-state index contributed by atoms with van der Waals surface area (Å²) >= 11 is 0. The molecule has 3 N–H and O–H groups in total. The van der Waals surface area contributed by atoms with Crippen LogP contribution >= 0.6 is 0 Å². The van der Waals surface area contributed by atoms with Gasteiger partial charge in [-0.05, 0) is 49.3 Å². The molecule has 184 valence electrons. The first-order valence-electron chi connectivity index (χ1n) is 12.1. The number of carbonyl (C=O) groups excluding carboxylic acids is 1. The molecule has 2 aliphatic rings. The van der Waals surface area contributed by atoms with Gasteiger partial charge in [0.2, 0.25) is 6.41 Å². The van der Waals surface area contributed by atoms with Crippen LogP contribution in [-0.2, 0) is 4.79 Å². The van der Waals surface area contributed by atoms with E-state index in [1.54, 1.807) is 0 Å². The molecule has 1 aromatic rings. The van der Waals surface area contributed by atoms with Crippen LogP contribution in [0, 0.1) is 11.3 Å². The second kappa shape index (κ2) is 12.6. The quantitative estimate of drug-likeness (QED) is 0.538. The highest BCUT2D eigenvalue weighted by Gasteiger charge is 2.21. The molecule has 1 unspecified atom stereocenters. The van der Waals surface area contributed by atoms with Crippen LogP contribution < -0.4 is 20.7 Å². The van der Waals surface area contributed by atoms with Gasteiger partial charge < -0.3 is 20.7 Å². The predicted octanol–water partition coefficient (Wildman–Crippen LogP) is 4.11. The standard InChI is InChI=1S/C23H36N6O2.C2H6/c1-23(2,3)15-31-22-26-20(24)19(25-16-30)21(27-22)28(4)13-17-8-7-9-18(12-17)14-29-10-5-6-11-29;1-2/h7,9,12,16-17H,5-6,8,10-11,13-15H2,1-4H3,(H,25,30)(H2,24,26,27);1-2H3. The van der Waals surface area contributed by atoms with Crippen LogP contribution in [0.3, 0.4) is 0 Å². The zero-order chi connectivity index (χ0) is 24.4. The molecule has 8 heteroatoms. The van der Waals surface area contributed by atoms with E-state index in [0.29, 0.717) is 30.4 Å². The number of anilines is 3. The number of rotatable bonds is 9. The maximum atomic E-state index is 11.1. The van der Waals surface area contributed by atoms with Crippen molar-refractivity contribution in [1.29, 1.82) is 0 Å². The van der Waals surface area contributed by atoms with Crippen molar-refractivity contribution in [3.8, 4) is 6.01 Å². The first kappa shape index (κ1) is 26.6. The number of nitrogens with two attached hydrogens (primary N) is 1. The number of carbonyl (C=O) groups is 1. The van der Waals surface area contributed by atoms with E-state index < -0.39 is 0 Å². The number of aromatic nitrogens is 2. The Labute approximate surface area is 199 Å². The van der Waals surface area contributed by atoms with Crippen molar-refractivity contribution < 1.29 is 9.53 Å². The van der Waals surface area contributed by atoms with Gasteiger partial charge in [0.05, 0.1) is 6.61 Å². The normalized spacial score (nSPS) is 18.2. The van der Waals surface area contributed by atoms with Crippen LogP contribution in [0.4, 0.5) is 17.3 Å². The second-order valence-electron chi connectivity index (χ2n) is 9.71. The minimum absolute atomic E-state index is 0.0329. The highest BCUT2D eigenvalue weighted by Crippen LogP contribution is 2.31. The number of hydrogen-bond acceptors (Lipinski definition) is 7. The molecule has 1 aliphatic carbocycles. The second-order valence-corrected chi connectivity index (χ2v) is 9.71. The van der Waals surface area contributed by atoms with Gasteiger partial charge in [0.1, 0.15) is 5.69 Å². The Bertz CT molecular complexity index is 825. The molecule has 2 heterocycles. The average Bonchev–Trinajstić information content (AvgIpc) is 3.28. The van der Waals surface area contributed by atoms with E-state index in [2.05, 4.69) is 59.2 Å². The zero-order valence-electron chi connectivity index (χ0n) is 21.2. The summed E-state index contributed by atoms with van der Waals surface area (Å²) in [7, 11) is 1.96. The fourth-order valence-corrected chi connectivity index (χ4v) is 3.95. The lowest BCUT2D eigenvalue weighted by Gasteiger charge is -2.27. The summed E-state index contributed by atoms with van der Waals surface area (Å²) in [5.74, 6) is 1.11. The van der Waals surface area contributed by atoms with Gasteiger partial charge in [0, 0.05) is 20.1 Å². The highest BCUT2D eigenvalue weighted by molar-refractivity contribution is 5.86. The van der Waals surface area contributed by atoms with Crippen LogP contribution in [0.15, 0.2) is 23.8 Å². The van der Waals surface area contributed by atoms with Gasteiger partial charge in [0.15, 0.2) is 11.6 Å². The molecule has 1 atom stereocenters. The van der Waals surface area contributed by atoms with Gasteiger partial charge in [-0.3, -0.25) is 9.69 Å². The lowest BCUT2D eigenvalue weighted by molar-refractivity contribution is -0.105. The topological polar surface area (TPSA) is 96.6 Å². The van der Waals surface area contributed by atoms with E-state index in [4.69, 9.17) is 10.5 Å². The van der Waals surface area contributed by atoms with Crippen molar-refractivity contribution in [2.45, 2.75) is 53.9 Å². The minimum Gasteiger partial charge on any atom is -0.463 e. The summed E-state index contributed by atoms with van der Waals surface area (Å²) in [6.07, 6.45) is 11.0. The number of amides is 1. The number of nitrogens with zero attached hydrogens (tertiary/aromatic N) is 4. The van der Waals surface area contributed by atoms with Crippen LogP contribution in [0.25, 0.3) is 0 Å². The third-order valence-electron chi connectivity index (χ3n) is 5.43. The molecule has 0 saturated carbocycles. The molecule has 0 aromatic carbocycles. The number of ether oxygens (including phenoxy) is 1. The third kappa shape index (κ3) is 8.35. The third-order valence-corrected chi connectivity index (χ3v) is 5.43. The van der Waals surface area contributed by atoms with Crippen molar-refractivity contribution in [3.05, 3.63) is 23.8 Å². The van der Waals surface area contributed by atoms with Crippen molar-refractivity contribution in [3.63, 3.8) is 0 Å². The fourth-order valence-electron chi connectivity index (χ4n) is 3.95. The number of nitrogens with one attached hydrogen (secondary N) is 1. The zero-order valence-corrected chi connectivity index (χ0v) is 21.2. The summed E-state index contributed by atoms with van der Waals surface area (Å²) < 4.78 is 5.78. The molecule has 1 amide bonds. The van der Waals surface area contributed by atoms with E-state index in [0.717, 1.165) is 19.5 Å². The van der Waals surface area contributed by atoms with Gasteiger partial charge in [0.25, 0.3) is 0 Å². The Kier molecular flexibility index (Phi) is 10.2. The molecule has 0 spiro atoms. The van der Waals surface area contributed by atoms with Gasteiger partial charge in [-0.15, -0.1) is 0 Å². The van der Waals surface area contributed by atoms with Crippen molar-refractivity contribution in [2.75, 3.05) is 55.8 Å². The number of nitrogen functional groups attached to an aromatic ring is 1. The molecular formula is C25H42N6O2. The predicted molar refractivity (Wildman–Crippen MR) is 137 cm³/mol. The molecule has 1 saturated heterocycles. The van der Waals surface area contributed by atoms with Gasteiger partial charge >= 0.3 is 6.01 Å². The molecule has 1 aromatic heterocycles. The van der Waals surface area contributed by atoms with Crippen LogP contribution in [0.2, 0.25) is 0 Å². The molecule has 0 bridgehead atoms. The minimum atomic E-state index is -0.0329.